The second-order valence-electron chi connectivity index (χ2n) is 4.35. The first kappa shape index (κ1) is 12.7. The molecule has 1 aromatic carbocycles. The maximum atomic E-state index is 13.4. The Morgan fingerprint density at radius 3 is 1.44 bits per heavy atom. The van der Waals surface area contributed by atoms with Crippen LogP contribution in [0.15, 0.2) is 0 Å². The van der Waals surface area contributed by atoms with Gasteiger partial charge >= 0.3 is 0 Å². The van der Waals surface area contributed by atoms with Crippen molar-refractivity contribution in [2.24, 2.45) is 0 Å². The molecule has 0 saturated heterocycles. The minimum absolute atomic E-state index is 0.594. The first-order chi connectivity index (χ1) is 7.21. The molecule has 0 aliphatic carbocycles. The zero-order valence-corrected chi connectivity index (χ0v) is 8.89. The molecule has 0 aliphatic heterocycles. The van der Waals surface area contributed by atoms with Crippen molar-refractivity contribution < 1.29 is 22.0 Å². The maximum Gasteiger partial charge on any atom is 0.187 e. The van der Waals surface area contributed by atoms with E-state index in [0.717, 1.165) is 0 Å². The van der Waals surface area contributed by atoms with Gasteiger partial charge in [-0.25, -0.2) is 23.1 Å². The van der Waals surface area contributed by atoms with Gasteiger partial charge in [-0.3, -0.25) is 0 Å². The third-order valence-electron chi connectivity index (χ3n) is 2.11. The molecule has 1 nitrogen and oxygen atoms in total. The van der Waals surface area contributed by atoms with Crippen LogP contribution in [-0.4, -0.2) is 0 Å². The van der Waals surface area contributed by atoms with Gasteiger partial charge in [-0.1, -0.05) is 20.8 Å². The van der Waals surface area contributed by atoms with E-state index in [1.165, 1.54) is 20.8 Å². The molecular formula is C10H10F5N. The summed E-state index contributed by atoms with van der Waals surface area (Å²) < 4.78 is 65.1. The van der Waals surface area contributed by atoms with E-state index in [-0.39, 0.29) is 0 Å². The standard InChI is InChI=1S/C10H10F5N/c1-10(2,3)4-5(11)7(13)9(16-15)8(14)6(4)12/h16H,1-3H3. The van der Waals surface area contributed by atoms with Crippen LogP contribution in [-0.2, 0) is 5.41 Å². The monoisotopic (exact) mass is 239 g/mol. The van der Waals surface area contributed by atoms with Gasteiger partial charge in [0.25, 0.3) is 0 Å². The summed E-state index contributed by atoms with van der Waals surface area (Å²) in [6.07, 6.45) is 0. The van der Waals surface area contributed by atoms with Gasteiger partial charge in [0.2, 0.25) is 0 Å². The smallest absolute Gasteiger partial charge is 0.187 e. The minimum atomic E-state index is -1.77. The molecule has 0 saturated carbocycles. The van der Waals surface area contributed by atoms with E-state index in [4.69, 9.17) is 0 Å². The normalized spacial score (nSPS) is 11.8. The van der Waals surface area contributed by atoms with E-state index >= 15 is 0 Å². The van der Waals surface area contributed by atoms with Crippen molar-refractivity contribution in [2.45, 2.75) is 26.2 Å². The highest BCUT2D eigenvalue weighted by atomic mass is 19.2. The Balaban J connectivity index is 3.67. The lowest BCUT2D eigenvalue weighted by Crippen LogP contribution is -2.19. The summed E-state index contributed by atoms with van der Waals surface area (Å²) in [6, 6.07) is 0. The summed E-state index contributed by atoms with van der Waals surface area (Å²) in [5.41, 5.74) is -2.74. The van der Waals surface area contributed by atoms with Gasteiger partial charge in [0, 0.05) is 5.56 Å². The first-order valence-corrected chi connectivity index (χ1v) is 4.44. The first-order valence-electron chi connectivity index (χ1n) is 4.44. The van der Waals surface area contributed by atoms with Crippen molar-refractivity contribution in [1.29, 1.82) is 0 Å². The topological polar surface area (TPSA) is 12.0 Å². The fourth-order valence-electron chi connectivity index (χ4n) is 1.37. The summed E-state index contributed by atoms with van der Waals surface area (Å²) in [6.45, 7) is 4.15. The number of hydrogen-bond acceptors (Lipinski definition) is 1. The maximum absolute atomic E-state index is 13.4. The van der Waals surface area contributed by atoms with Crippen LogP contribution in [0.25, 0.3) is 0 Å². The molecule has 0 atom stereocenters. The third-order valence-corrected chi connectivity index (χ3v) is 2.11. The number of nitrogens with one attached hydrogen (secondary N) is 1. The number of anilines is 1. The molecule has 0 amide bonds. The summed E-state index contributed by atoms with van der Waals surface area (Å²) in [7, 11) is 0. The summed E-state index contributed by atoms with van der Waals surface area (Å²) in [5, 5.41) is 0. The van der Waals surface area contributed by atoms with Gasteiger partial charge in [-0.2, -0.15) is 0 Å². The van der Waals surface area contributed by atoms with Crippen LogP contribution in [0.4, 0.5) is 27.7 Å². The number of hydrogen-bond donors (Lipinski definition) is 1. The Labute approximate surface area is 89.2 Å². The van der Waals surface area contributed by atoms with Gasteiger partial charge in [-0.15, -0.1) is 4.48 Å². The zero-order valence-electron chi connectivity index (χ0n) is 8.89. The molecule has 16 heavy (non-hydrogen) atoms. The fraction of sp³-hybridized carbons (Fsp3) is 0.400. The van der Waals surface area contributed by atoms with Crippen LogP contribution in [0.5, 0.6) is 0 Å². The minimum Gasteiger partial charge on any atom is -0.218 e. The molecule has 0 aliphatic rings. The van der Waals surface area contributed by atoms with Crippen LogP contribution in [0.3, 0.4) is 0 Å². The average Bonchev–Trinajstić information content (AvgIpc) is 2.14. The Kier molecular flexibility index (Phi) is 3.12. The van der Waals surface area contributed by atoms with Crippen LogP contribution in [0.2, 0.25) is 0 Å². The number of rotatable bonds is 1. The highest BCUT2D eigenvalue weighted by molar-refractivity contribution is 5.49. The van der Waals surface area contributed by atoms with Gasteiger partial charge in [0.1, 0.15) is 5.69 Å². The third kappa shape index (κ3) is 1.83. The van der Waals surface area contributed by atoms with Crippen molar-refractivity contribution >= 4 is 5.69 Å². The highest BCUT2D eigenvalue weighted by Gasteiger charge is 2.31. The van der Waals surface area contributed by atoms with Crippen molar-refractivity contribution in [3.63, 3.8) is 0 Å². The van der Waals surface area contributed by atoms with E-state index in [1.54, 1.807) is 0 Å². The number of halogens is 5. The lowest BCUT2D eigenvalue weighted by molar-refractivity contribution is 0.402. The van der Waals surface area contributed by atoms with Crippen LogP contribution < -0.4 is 5.54 Å². The Hall–Kier alpha value is -1.33. The average molecular weight is 239 g/mol. The van der Waals surface area contributed by atoms with Crippen molar-refractivity contribution in [1.82, 2.24) is 0 Å². The lowest BCUT2D eigenvalue weighted by atomic mass is 9.85. The molecule has 0 bridgehead atoms. The molecule has 1 N–H and O–H groups in total. The molecule has 0 aromatic heterocycles. The van der Waals surface area contributed by atoms with Crippen molar-refractivity contribution in [2.75, 3.05) is 5.54 Å². The van der Waals surface area contributed by atoms with Gasteiger partial charge in [0.05, 0.1) is 0 Å². The van der Waals surface area contributed by atoms with Gasteiger partial charge < -0.3 is 0 Å². The Morgan fingerprint density at radius 1 is 0.812 bits per heavy atom. The van der Waals surface area contributed by atoms with Crippen LogP contribution in [0, 0.1) is 23.3 Å². The molecular weight excluding hydrogens is 229 g/mol. The summed E-state index contributed by atoms with van der Waals surface area (Å²) >= 11 is 0. The van der Waals surface area contributed by atoms with E-state index in [2.05, 4.69) is 0 Å². The fourth-order valence-corrected chi connectivity index (χ4v) is 1.37. The van der Waals surface area contributed by atoms with E-state index < -0.39 is 39.9 Å². The molecule has 90 valence electrons. The second-order valence-corrected chi connectivity index (χ2v) is 4.35. The Morgan fingerprint density at radius 2 is 1.19 bits per heavy atom. The molecule has 0 radical (unpaired) electrons. The quantitative estimate of drug-likeness (QED) is 0.446. The zero-order chi connectivity index (χ0) is 12.7. The largest absolute Gasteiger partial charge is 0.218 e. The van der Waals surface area contributed by atoms with Gasteiger partial charge in [-0.05, 0) is 5.41 Å². The molecule has 0 fully saturated rings. The van der Waals surface area contributed by atoms with E-state index in [0.29, 0.717) is 5.54 Å². The van der Waals surface area contributed by atoms with Gasteiger partial charge in [0.15, 0.2) is 23.3 Å². The predicted molar refractivity (Wildman–Crippen MR) is 49.7 cm³/mol. The molecule has 6 heteroatoms. The van der Waals surface area contributed by atoms with Crippen LogP contribution >= 0.6 is 0 Å². The SMILES string of the molecule is CC(C)(C)c1c(F)c(F)c(NF)c(F)c1F. The van der Waals surface area contributed by atoms with Crippen LogP contribution in [0.1, 0.15) is 26.3 Å². The molecule has 0 unspecified atom stereocenters. The number of benzene rings is 1. The molecule has 1 rings (SSSR count). The predicted octanol–water partition coefficient (Wildman–Crippen LogP) is 3.84. The molecule has 1 aromatic rings. The summed E-state index contributed by atoms with van der Waals surface area (Å²) in [5.74, 6) is -6.73. The Bertz CT molecular complexity index is 393. The molecule has 0 spiro atoms. The van der Waals surface area contributed by atoms with Crippen molar-refractivity contribution in [3.05, 3.63) is 28.8 Å². The highest BCUT2D eigenvalue weighted by Crippen LogP contribution is 2.34. The second kappa shape index (κ2) is 3.92. The van der Waals surface area contributed by atoms with E-state index in [1.807, 2.05) is 0 Å². The molecule has 0 heterocycles. The summed E-state index contributed by atoms with van der Waals surface area (Å²) in [4.78, 5) is 0. The lowest BCUT2D eigenvalue weighted by Gasteiger charge is -2.21. The van der Waals surface area contributed by atoms with Crippen molar-refractivity contribution in [3.8, 4) is 0 Å². The van der Waals surface area contributed by atoms with E-state index in [9.17, 15) is 22.0 Å².